The lowest BCUT2D eigenvalue weighted by Crippen LogP contribution is -2.29. The van der Waals surface area contributed by atoms with Gasteiger partial charge < -0.3 is 15.0 Å². The van der Waals surface area contributed by atoms with Crippen molar-refractivity contribution < 1.29 is 4.74 Å². The third-order valence-electron chi connectivity index (χ3n) is 3.99. The van der Waals surface area contributed by atoms with Crippen LogP contribution in [0.15, 0.2) is 6.07 Å². The van der Waals surface area contributed by atoms with E-state index in [1.165, 1.54) is 25.7 Å². The Morgan fingerprint density at radius 1 is 1.24 bits per heavy atom. The Morgan fingerprint density at radius 2 is 2.05 bits per heavy atom. The van der Waals surface area contributed by atoms with Gasteiger partial charge in [-0.25, -0.2) is 9.97 Å². The van der Waals surface area contributed by atoms with Crippen LogP contribution in [0.5, 0.6) is 0 Å². The SMILES string of the molecule is CCNc1cc(N(CC2CC2)C2CC2)nc(COCC)n1. The minimum Gasteiger partial charge on any atom is -0.374 e. The molecule has 116 valence electrons. The lowest BCUT2D eigenvalue weighted by atomic mass is 10.3. The van der Waals surface area contributed by atoms with E-state index in [1.807, 2.05) is 6.92 Å². The molecule has 0 aliphatic heterocycles. The molecule has 3 rings (SSSR count). The van der Waals surface area contributed by atoms with E-state index < -0.39 is 0 Å². The Balaban J connectivity index is 1.80. The van der Waals surface area contributed by atoms with Gasteiger partial charge in [0, 0.05) is 31.8 Å². The Labute approximate surface area is 127 Å². The summed E-state index contributed by atoms with van der Waals surface area (Å²) < 4.78 is 5.49. The molecule has 0 spiro atoms. The van der Waals surface area contributed by atoms with Crippen molar-refractivity contribution in [3.8, 4) is 0 Å². The van der Waals surface area contributed by atoms with Gasteiger partial charge in [-0.2, -0.15) is 0 Å². The summed E-state index contributed by atoms with van der Waals surface area (Å²) in [5.74, 6) is 3.65. The highest BCUT2D eigenvalue weighted by Crippen LogP contribution is 2.37. The highest BCUT2D eigenvalue weighted by atomic mass is 16.5. The molecular formula is C16H26N4O. The number of ether oxygens (including phenoxy) is 1. The minimum absolute atomic E-state index is 0.491. The number of hydrogen-bond acceptors (Lipinski definition) is 5. The molecule has 2 saturated carbocycles. The van der Waals surface area contributed by atoms with Gasteiger partial charge in [0.15, 0.2) is 5.82 Å². The monoisotopic (exact) mass is 290 g/mol. The highest BCUT2D eigenvalue weighted by molar-refractivity contribution is 5.51. The molecule has 1 N–H and O–H groups in total. The van der Waals surface area contributed by atoms with Crippen molar-refractivity contribution in [3.05, 3.63) is 11.9 Å². The summed E-state index contributed by atoms with van der Waals surface area (Å²) in [5, 5.41) is 3.31. The normalized spacial score (nSPS) is 17.8. The van der Waals surface area contributed by atoms with Gasteiger partial charge >= 0.3 is 0 Å². The van der Waals surface area contributed by atoms with Crippen LogP contribution in [-0.2, 0) is 11.3 Å². The second kappa shape index (κ2) is 6.60. The van der Waals surface area contributed by atoms with Gasteiger partial charge in [-0.3, -0.25) is 0 Å². The summed E-state index contributed by atoms with van der Waals surface area (Å²) >= 11 is 0. The van der Waals surface area contributed by atoms with Crippen molar-refractivity contribution >= 4 is 11.6 Å². The lowest BCUT2D eigenvalue weighted by Gasteiger charge is -2.24. The zero-order valence-corrected chi connectivity index (χ0v) is 13.1. The van der Waals surface area contributed by atoms with E-state index in [1.54, 1.807) is 0 Å². The van der Waals surface area contributed by atoms with E-state index in [2.05, 4.69) is 28.2 Å². The maximum atomic E-state index is 5.49. The first-order valence-corrected chi connectivity index (χ1v) is 8.26. The fraction of sp³-hybridized carbons (Fsp3) is 0.750. The summed E-state index contributed by atoms with van der Waals surface area (Å²) in [6.07, 6.45) is 5.35. The zero-order valence-electron chi connectivity index (χ0n) is 13.1. The van der Waals surface area contributed by atoms with Crippen LogP contribution in [-0.4, -0.2) is 35.7 Å². The zero-order chi connectivity index (χ0) is 14.7. The summed E-state index contributed by atoms with van der Waals surface area (Å²) in [4.78, 5) is 11.8. The Kier molecular flexibility index (Phi) is 4.58. The average Bonchev–Trinajstić information content (AvgIpc) is 3.36. The topological polar surface area (TPSA) is 50.3 Å². The van der Waals surface area contributed by atoms with Crippen LogP contribution in [0.1, 0.15) is 45.4 Å². The highest BCUT2D eigenvalue weighted by Gasteiger charge is 2.34. The molecule has 1 aromatic heterocycles. The number of nitrogens with one attached hydrogen (secondary N) is 1. The summed E-state index contributed by atoms with van der Waals surface area (Å²) in [5.41, 5.74) is 0. The van der Waals surface area contributed by atoms with Crippen LogP contribution < -0.4 is 10.2 Å². The lowest BCUT2D eigenvalue weighted by molar-refractivity contribution is 0.128. The van der Waals surface area contributed by atoms with Gasteiger partial charge in [0.1, 0.15) is 18.2 Å². The maximum Gasteiger partial charge on any atom is 0.158 e. The van der Waals surface area contributed by atoms with Crippen molar-refractivity contribution in [1.29, 1.82) is 0 Å². The molecule has 21 heavy (non-hydrogen) atoms. The van der Waals surface area contributed by atoms with Crippen LogP contribution in [0.25, 0.3) is 0 Å². The first kappa shape index (κ1) is 14.6. The van der Waals surface area contributed by atoms with E-state index >= 15 is 0 Å². The van der Waals surface area contributed by atoms with Crippen LogP contribution in [0.4, 0.5) is 11.6 Å². The fourth-order valence-electron chi connectivity index (χ4n) is 2.55. The molecule has 0 atom stereocenters. The van der Waals surface area contributed by atoms with Crippen LogP contribution in [0.3, 0.4) is 0 Å². The van der Waals surface area contributed by atoms with Crippen LogP contribution in [0.2, 0.25) is 0 Å². The van der Waals surface area contributed by atoms with Gasteiger partial charge in [0.05, 0.1) is 0 Å². The molecule has 0 saturated heterocycles. The summed E-state index contributed by atoms with van der Waals surface area (Å²) in [6, 6.07) is 2.79. The third kappa shape index (κ3) is 4.06. The van der Waals surface area contributed by atoms with Crippen LogP contribution >= 0.6 is 0 Å². The Morgan fingerprint density at radius 3 is 2.67 bits per heavy atom. The predicted octanol–water partition coefficient (Wildman–Crippen LogP) is 2.82. The van der Waals surface area contributed by atoms with Crippen molar-refractivity contribution in [2.24, 2.45) is 5.92 Å². The maximum absolute atomic E-state index is 5.49. The molecule has 0 aromatic carbocycles. The molecule has 1 heterocycles. The second-order valence-corrected chi connectivity index (χ2v) is 6.02. The van der Waals surface area contributed by atoms with Gasteiger partial charge in [-0.15, -0.1) is 0 Å². The van der Waals surface area contributed by atoms with E-state index in [9.17, 15) is 0 Å². The number of anilines is 2. The number of rotatable bonds is 9. The van der Waals surface area contributed by atoms with E-state index in [0.29, 0.717) is 19.3 Å². The van der Waals surface area contributed by atoms with E-state index in [0.717, 1.165) is 36.5 Å². The molecule has 2 aliphatic carbocycles. The number of nitrogens with zero attached hydrogens (tertiary/aromatic N) is 3. The first-order chi connectivity index (χ1) is 10.3. The Hall–Kier alpha value is -1.36. The molecule has 0 bridgehead atoms. The summed E-state index contributed by atoms with van der Waals surface area (Å²) in [7, 11) is 0. The summed E-state index contributed by atoms with van der Waals surface area (Å²) in [6.45, 7) is 7.30. The molecule has 2 fully saturated rings. The first-order valence-electron chi connectivity index (χ1n) is 8.26. The molecule has 2 aliphatic rings. The van der Waals surface area contributed by atoms with Crippen LogP contribution in [0, 0.1) is 5.92 Å². The van der Waals surface area contributed by atoms with Crippen molar-refractivity contribution in [2.75, 3.05) is 29.9 Å². The molecule has 0 radical (unpaired) electrons. The predicted molar refractivity (Wildman–Crippen MR) is 84.6 cm³/mol. The standard InChI is InChI=1S/C16H26N4O/c1-3-17-14-9-16(19-15(18-14)11-21-4-2)20(13-7-8-13)10-12-5-6-12/h9,12-13H,3-8,10-11H2,1-2H3,(H,17,18,19). The van der Waals surface area contributed by atoms with Crippen molar-refractivity contribution in [3.63, 3.8) is 0 Å². The number of hydrogen-bond donors (Lipinski definition) is 1. The molecule has 5 nitrogen and oxygen atoms in total. The molecule has 0 unspecified atom stereocenters. The van der Waals surface area contributed by atoms with Gasteiger partial charge in [-0.1, -0.05) is 0 Å². The third-order valence-corrected chi connectivity index (χ3v) is 3.99. The Bertz CT molecular complexity index is 471. The average molecular weight is 290 g/mol. The van der Waals surface area contributed by atoms with Gasteiger partial charge in [0.2, 0.25) is 0 Å². The van der Waals surface area contributed by atoms with E-state index in [4.69, 9.17) is 9.72 Å². The van der Waals surface area contributed by atoms with Gasteiger partial charge in [-0.05, 0) is 45.4 Å². The fourth-order valence-corrected chi connectivity index (χ4v) is 2.55. The minimum atomic E-state index is 0.491. The van der Waals surface area contributed by atoms with Gasteiger partial charge in [0.25, 0.3) is 0 Å². The second-order valence-electron chi connectivity index (χ2n) is 6.02. The smallest absolute Gasteiger partial charge is 0.158 e. The quantitative estimate of drug-likeness (QED) is 0.758. The largest absolute Gasteiger partial charge is 0.374 e. The van der Waals surface area contributed by atoms with E-state index in [-0.39, 0.29) is 0 Å². The molecular weight excluding hydrogens is 264 g/mol. The molecule has 0 amide bonds. The molecule has 1 aromatic rings. The number of aromatic nitrogens is 2. The molecule has 5 heteroatoms. The van der Waals surface area contributed by atoms with Crippen molar-refractivity contribution in [2.45, 2.75) is 52.2 Å². The van der Waals surface area contributed by atoms with Crippen molar-refractivity contribution in [1.82, 2.24) is 9.97 Å².